The van der Waals surface area contributed by atoms with E-state index < -0.39 is 0 Å². The number of rotatable bonds is 5. The molecule has 1 aliphatic rings. The zero-order valence-electron chi connectivity index (χ0n) is 14.6. The standard InChI is InChI=1S/C16H27N5OS.HI/c1-13(2)19-14(22)6-7-18-16(17-3)21-10-8-20(9-11-21)15-5-4-12-23-15;/h4-5,12-13H,6-11H2,1-3H3,(H,17,18)(H,19,22);1H. The molecular formula is C16H28IN5OS. The molecule has 0 radical (unpaired) electrons. The van der Waals surface area contributed by atoms with Crippen LogP contribution in [0.1, 0.15) is 20.3 Å². The van der Waals surface area contributed by atoms with Gasteiger partial charge in [-0.3, -0.25) is 9.79 Å². The van der Waals surface area contributed by atoms with Crippen molar-refractivity contribution in [3.05, 3.63) is 17.5 Å². The summed E-state index contributed by atoms with van der Waals surface area (Å²) in [5, 5.41) is 9.64. The van der Waals surface area contributed by atoms with Gasteiger partial charge in [0.1, 0.15) is 0 Å². The average molecular weight is 465 g/mol. The number of halogens is 1. The highest BCUT2D eigenvalue weighted by Gasteiger charge is 2.20. The molecule has 0 saturated carbocycles. The summed E-state index contributed by atoms with van der Waals surface area (Å²) in [5.41, 5.74) is 0. The Bertz CT molecular complexity index is 513. The first-order chi connectivity index (χ1) is 11.1. The van der Waals surface area contributed by atoms with Gasteiger partial charge in [-0.2, -0.15) is 0 Å². The van der Waals surface area contributed by atoms with Crippen LogP contribution in [0.4, 0.5) is 5.00 Å². The highest BCUT2D eigenvalue weighted by Crippen LogP contribution is 2.22. The van der Waals surface area contributed by atoms with Crippen LogP contribution in [0.2, 0.25) is 0 Å². The third-order valence-corrected chi connectivity index (χ3v) is 4.62. The van der Waals surface area contributed by atoms with E-state index in [0.29, 0.717) is 13.0 Å². The van der Waals surface area contributed by atoms with Crippen molar-refractivity contribution in [2.24, 2.45) is 4.99 Å². The molecule has 0 bridgehead atoms. The minimum atomic E-state index is 0. The molecule has 136 valence electrons. The molecule has 0 aromatic carbocycles. The normalized spacial score (nSPS) is 15.2. The lowest BCUT2D eigenvalue weighted by Crippen LogP contribution is -2.52. The number of nitrogens with zero attached hydrogens (tertiary/aromatic N) is 3. The molecule has 0 spiro atoms. The van der Waals surface area contributed by atoms with E-state index in [-0.39, 0.29) is 35.9 Å². The summed E-state index contributed by atoms with van der Waals surface area (Å²) in [6.45, 7) is 8.42. The Morgan fingerprint density at radius 3 is 2.58 bits per heavy atom. The van der Waals surface area contributed by atoms with Crippen molar-refractivity contribution < 1.29 is 4.79 Å². The largest absolute Gasteiger partial charge is 0.360 e. The van der Waals surface area contributed by atoms with Crippen molar-refractivity contribution in [3.63, 3.8) is 0 Å². The fraction of sp³-hybridized carbons (Fsp3) is 0.625. The number of nitrogens with one attached hydrogen (secondary N) is 2. The number of amides is 1. The zero-order valence-corrected chi connectivity index (χ0v) is 17.8. The van der Waals surface area contributed by atoms with E-state index >= 15 is 0 Å². The van der Waals surface area contributed by atoms with Gasteiger partial charge in [0.15, 0.2) is 5.96 Å². The molecule has 0 aliphatic carbocycles. The molecule has 2 heterocycles. The predicted molar refractivity (Wildman–Crippen MR) is 113 cm³/mol. The summed E-state index contributed by atoms with van der Waals surface area (Å²) in [4.78, 5) is 20.7. The molecule has 0 atom stereocenters. The number of hydrogen-bond donors (Lipinski definition) is 2. The Kier molecular flexibility index (Phi) is 9.42. The lowest BCUT2D eigenvalue weighted by Gasteiger charge is -2.37. The van der Waals surface area contributed by atoms with Gasteiger partial charge in [0.05, 0.1) is 5.00 Å². The molecule has 1 fully saturated rings. The Morgan fingerprint density at radius 1 is 1.33 bits per heavy atom. The lowest BCUT2D eigenvalue weighted by atomic mass is 10.3. The average Bonchev–Trinajstić information content (AvgIpc) is 3.05. The number of piperazine rings is 1. The van der Waals surface area contributed by atoms with Crippen LogP contribution >= 0.6 is 35.3 Å². The minimum absolute atomic E-state index is 0. The smallest absolute Gasteiger partial charge is 0.221 e. The fourth-order valence-corrected chi connectivity index (χ4v) is 3.39. The predicted octanol–water partition coefficient (Wildman–Crippen LogP) is 1.98. The number of carbonyl (C=O) groups excluding carboxylic acids is 1. The number of hydrogen-bond acceptors (Lipinski definition) is 4. The molecule has 1 aliphatic heterocycles. The van der Waals surface area contributed by atoms with Crippen LogP contribution in [0, 0.1) is 0 Å². The van der Waals surface area contributed by atoms with Gasteiger partial charge in [-0.25, -0.2) is 0 Å². The Labute approximate surface area is 165 Å². The fourth-order valence-electron chi connectivity index (χ4n) is 2.60. The van der Waals surface area contributed by atoms with Gasteiger partial charge in [-0.05, 0) is 31.4 Å². The summed E-state index contributed by atoms with van der Waals surface area (Å²) in [7, 11) is 1.79. The van der Waals surface area contributed by atoms with E-state index in [1.165, 1.54) is 5.00 Å². The van der Waals surface area contributed by atoms with Gasteiger partial charge >= 0.3 is 0 Å². The first kappa shape index (κ1) is 21.0. The van der Waals surface area contributed by atoms with Gasteiger partial charge < -0.3 is 20.4 Å². The molecule has 1 amide bonds. The second-order valence-corrected chi connectivity index (χ2v) is 6.80. The molecule has 0 unspecified atom stereocenters. The highest BCUT2D eigenvalue weighted by molar-refractivity contribution is 14.0. The number of guanidine groups is 1. The second-order valence-electron chi connectivity index (χ2n) is 5.87. The van der Waals surface area contributed by atoms with E-state index in [2.05, 4.69) is 42.9 Å². The van der Waals surface area contributed by atoms with Crippen LogP contribution in [0.3, 0.4) is 0 Å². The number of anilines is 1. The lowest BCUT2D eigenvalue weighted by molar-refractivity contribution is -0.121. The van der Waals surface area contributed by atoms with E-state index in [0.717, 1.165) is 32.1 Å². The third kappa shape index (κ3) is 6.46. The van der Waals surface area contributed by atoms with Crippen molar-refractivity contribution in [2.45, 2.75) is 26.3 Å². The molecule has 1 aromatic heterocycles. The van der Waals surface area contributed by atoms with E-state index in [4.69, 9.17) is 0 Å². The van der Waals surface area contributed by atoms with Gasteiger partial charge in [0, 0.05) is 52.2 Å². The van der Waals surface area contributed by atoms with E-state index in [1.807, 2.05) is 13.8 Å². The Morgan fingerprint density at radius 2 is 2.04 bits per heavy atom. The summed E-state index contributed by atoms with van der Waals surface area (Å²) >= 11 is 1.78. The van der Waals surface area contributed by atoms with Gasteiger partial charge in [-0.15, -0.1) is 35.3 Å². The SMILES string of the molecule is CN=C(NCCC(=O)NC(C)C)N1CCN(c2cccs2)CC1.I. The van der Waals surface area contributed by atoms with E-state index in [9.17, 15) is 4.79 Å². The van der Waals surface area contributed by atoms with Crippen LogP contribution < -0.4 is 15.5 Å². The second kappa shape index (κ2) is 10.8. The van der Waals surface area contributed by atoms with Crippen molar-refractivity contribution in [3.8, 4) is 0 Å². The third-order valence-electron chi connectivity index (χ3n) is 3.69. The van der Waals surface area contributed by atoms with Crippen molar-refractivity contribution in [2.75, 3.05) is 44.7 Å². The summed E-state index contributed by atoms with van der Waals surface area (Å²) in [5.74, 6) is 0.957. The number of carbonyl (C=O) groups is 1. The van der Waals surface area contributed by atoms with Crippen molar-refractivity contribution >= 4 is 52.2 Å². The van der Waals surface area contributed by atoms with Crippen molar-refractivity contribution in [1.29, 1.82) is 0 Å². The van der Waals surface area contributed by atoms with Gasteiger partial charge in [-0.1, -0.05) is 0 Å². The summed E-state index contributed by atoms with van der Waals surface area (Å²) < 4.78 is 0. The molecule has 6 nitrogen and oxygen atoms in total. The molecule has 24 heavy (non-hydrogen) atoms. The van der Waals surface area contributed by atoms with Crippen LogP contribution in [0.25, 0.3) is 0 Å². The zero-order chi connectivity index (χ0) is 16.7. The first-order valence-electron chi connectivity index (χ1n) is 8.13. The Balaban J connectivity index is 0.00000288. The summed E-state index contributed by atoms with van der Waals surface area (Å²) in [6.07, 6.45) is 0.465. The van der Waals surface area contributed by atoms with Crippen LogP contribution in [-0.4, -0.2) is 62.6 Å². The monoisotopic (exact) mass is 465 g/mol. The van der Waals surface area contributed by atoms with Crippen LogP contribution in [0.5, 0.6) is 0 Å². The maximum atomic E-state index is 11.7. The molecule has 1 saturated heterocycles. The highest BCUT2D eigenvalue weighted by atomic mass is 127. The molecule has 2 N–H and O–H groups in total. The van der Waals surface area contributed by atoms with Crippen LogP contribution in [-0.2, 0) is 4.79 Å². The minimum Gasteiger partial charge on any atom is -0.360 e. The topological polar surface area (TPSA) is 60.0 Å². The molecule has 8 heteroatoms. The molecule has 2 rings (SSSR count). The summed E-state index contributed by atoms with van der Waals surface area (Å²) in [6, 6.07) is 4.45. The number of thiophene rings is 1. The van der Waals surface area contributed by atoms with Gasteiger partial charge in [0.2, 0.25) is 5.91 Å². The Hall–Kier alpha value is -1.03. The van der Waals surface area contributed by atoms with Crippen LogP contribution in [0.15, 0.2) is 22.5 Å². The maximum Gasteiger partial charge on any atom is 0.221 e. The molecule has 1 aromatic rings. The molecular weight excluding hydrogens is 437 g/mol. The maximum absolute atomic E-state index is 11.7. The van der Waals surface area contributed by atoms with Crippen molar-refractivity contribution in [1.82, 2.24) is 15.5 Å². The van der Waals surface area contributed by atoms with Gasteiger partial charge in [0.25, 0.3) is 0 Å². The number of aliphatic imine (C=N–C) groups is 1. The van der Waals surface area contributed by atoms with E-state index in [1.54, 1.807) is 18.4 Å². The quantitative estimate of drug-likeness (QED) is 0.397. The first-order valence-corrected chi connectivity index (χ1v) is 9.01.